The summed E-state index contributed by atoms with van der Waals surface area (Å²) in [5.41, 5.74) is 1.48. The monoisotopic (exact) mass is 355 g/mol. The van der Waals surface area contributed by atoms with Crippen molar-refractivity contribution in [1.29, 1.82) is 0 Å². The Hall–Kier alpha value is -1.43. The van der Waals surface area contributed by atoms with E-state index in [-0.39, 0.29) is 11.6 Å². The third kappa shape index (κ3) is 2.69. The van der Waals surface area contributed by atoms with Crippen LogP contribution in [0, 0.1) is 16.3 Å². The van der Waals surface area contributed by atoms with Crippen LogP contribution >= 0.6 is 22.6 Å². The molecule has 0 fully saturated rings. The van der Waals surface area contributed by atoms with Gasteiger partial charge in [-0.1, -0.05) is 24.3 Å². The Morgan fingerprint density at radius 3 is 2.56 bits per heavy atom. The molecule has 0 saturated carbocycles. The van der Waals surface area contributed by atoms with E-state index in [1.54, 1.807) is 31.2 Å². The fraction of sp³-hybridized carbons (Fsp3) is 0.0714. The lowest BCUT2D eigenvalue weighted by molar-refractivity contribution is 0.102. The number of hydrogen-bond donors (Lipinski definition) is 1. The van der Waals surface area contributed by atoms with Gasteiger partial charge in [0.15, 0.2) is 0 Å². The summed E-state index contributed by atoms with van der Waals surface area (Å²) >= 11 is 2.08. The number of rotatable bonds is 2. The van der Waals surface area contributed by atoms with Gasteiger partial charge in [-0.2, -0.15) is 0 Å². The highest BCUT2D eigenvalue weighted by molar-refractivity contribution is 14.1. The average molecular weight is 355 g/mol. The fourth-order valence-electron chi connectivity index (χ4n) is 1.62. The van der Waals surface area contributed by atoms with Crippen molar-refractivity contribution in [3.8, 4) is 0 Å². The van der Waals surface area contributed by atoms with Gasteiger partial charge >= 0.3 is 0 Å². The molecule has 1 N–H and O–H groups in total. The van der Waals surface area contributed by atoms with Gasteiger partial charge in [0.2, 0.25) is 0 Å². The Bertz CT molecular complexity index is 578. The van der Waals surface area contributed by atoms with Gasteiger partial charge in [-0.05, 0) is 53.3 Å². The Kier molecular flexibility index (Phi) is 3.96. The number of hydrogen-bond acceptors (Lipinski definition) is 1. The summed E-state index contributed by atoms with van der Waals surface area (Å²) in [6, 6.07) is 11.9. The Balaban J connectivity index is 2.30. The molecule has 0 heterocycles. The second-order valence-corrected chi connectivity index (χ2v) is 5.03. The molecule has 18 heavy (non-hydrogen) atoms. The molecule has 4 heteroatoms. The molecule has 2 aromatic rings. The number of aryl methyl sites for hydroxylation is 1. The van der Waals surface area contributed by atoms with Crippen LogP contribution < -0.4 is 5.32 Å². The van der Waals surface area contributed by atoms with E-state index in [1.165, 1.54) is 6.07 Å². The quantitative estimate of drug-likeness (QED) is 0.811. The number of anilines is 1. The Morgan fingerprint density at radius 1 is 1.17 bits per heavy atom. The zero-order valence-corrected chi connectivity index (χ0v) is 11.9. The largest absolute Gasteiger partial charge is 0.319 e. The topological polar surface area (TPSA) is 29.1 Å². The zero-order chi connectivity index (χ0) is 13.1. The molecule has 2 aromatic carbocycles. The van der Waals surface area contributed by atoms with Gasteiger partial charge in [-0.15, -0.1) is 0 Å². The first-order valence-electron chi connectivity index (χ1n) is 5.40. The van der Waals surface area contributed by atoms with Gasteiger partial charge in [-0.25, -0.2) is 4.39 Å². The SMILES string of the molecule is Cc1cccc(F)c1NC(=O)c1ccccc1I. The third-order valence-electron chi connectivity index (χ3n) is 2.58. The highest BCUT2D eigenvalue weighted by atomic mass is 127. The molecule has 0 unspecified atom stereocenters. The van der Waals surface area contributed by atoms with E-state index in [2.05, 4.69) is 27.9 Å². The maximum Gasteiger partial charge on any atom is 0.256 e. The van der Waals surface area contributed by atoms with Gasteiger partial charge in [0, 0.05) is 3.57 Å². The smallest absolute Gasteiger partial charge is 0.256 e. The Morgan fingerprint density at radius 2 is 1.89 bits per heavy atom. The van der Waals surface area contributed by atoms with Gasteiger partial charge in [0.05, 0.1) is 11.3 Å². The van der Waals surface area contributed by atoms with Crippen molar-refractivity contribution in [2.75, 3.05) is 5.32 Å². The minimum Gasteiger partial charge on any atom is -0.319 e. The standard InChI is InChI=1S/C14H11FINO/c1-9-5-4-7-11(15)13(9)17-14(18)10-6-2-3-8-12(10)16/h2-8H,1H3,(H,17,18). The molecule has 0 aliphatic rings. The number of benzene rings is 2. The first-order chi connectivity index (χ1) is 8.59. The minimum absolute atomic E-state index is 0.238. The van der Waals surface area contributed by atoms with Crippen LogP contribution in [0.15, 0.2) is 42.5 Å². The van der Waals surface area contributed by atoms with Gasteiger partial charge in [0.25, 0.3) is 5.91 Å². The average Bonchev–Trinajstić information content (AvgIpc) is 2.34. The highest BCUT2D eigenvalue weighted by Crippen LogP contribution is 2.20. The van der Waals surface area contributed by atoms with Crippen LogP contribution in [0.5, 0.6) is 0 Å². The van der Waals surface area contributed by atoms with E-state index in [4.69, 9.17) is 0 Å². The van der Waals surface area contributed by atoms with Gasteiger partial charge < -0.3 is 5.32 Å². The lowest BCUT2D eigenvalue weighted by atomic mass is 10.1. The molecule has 1 amide bonds. The van der Waals surface area contributed by atoms with Crippen molar-refractivity contribution >= 4 is 34.2 Å². The molecule has 0 atom stereocenters. The predicted octanol–water partition coefficient (Wildman–Crippen LogP) is 3.99. The molecule has 0 aliphatic heterocycles. The summed E-state index contributed by atoms with van der Waals surface area (Å²) in [7, 11) is 0. The van der Waals surface area contributed by atoms with Crippen LogP contribution in [-0.2, 0) is 0 Å². The molecule has 0 bridgehead atoms. The lowest BCUT2D eigenvalue weighted by Gasteiger charge is -2.10. The third-order valence-corrected chi connectivity index (χ3v) is 3.52. The van der Waals surface area contributed by atoms with E-state index in [1.807, 2.05) is 12.1 Å². The van der Waals surface area contributed by atoms with Crippen molar-refractivity contribution in [3.05, 3.63) is 63.0 Å². The number of para-hydroxylation sites is 1. The molecular formula is C14H11FINO. The van der Waals surface area contributed by atoms with Crippen LogP contribution in [0.3, 0.4) is 0 Å². The number of nitrogens with one attached hydrogen (secondary N) is 1. The molecular weight excluding hydrogens is 344 g/mol. The van der Waals surface area contributed by atoms with Gasteiger partial charge in [-0.3, -0.25) is 4.79 Å². The van der Waals surface area contributed by atoms with Crippen molar-refractivity contribution < 1.29 is 9.18 Å². The van der Waals surface area contributed by atoms with Gasteiger partial charge in [0.1, 0.15) is 5.82 Å². The molecule has 0 aromatic heterocycles. The van der Waals surface area contributed by atoms with Crippen molar-refractivity contribution in [1.82, 2.24) is 0 Å². The van der Waals surface area contributed by atoms with E-state index in [9.17, 15) is 9.18 Å². The summed E-state index contributed by atoms with van der Waals surface area (Å²) < 4.78 is 14.4. The summed E-state index contributed by atoms with van der Waals surface area (Å²) in [6.07, 6.45) is 0. The Labute approximate surface area is 118 Å². The second-order valence-electron chi connectivity index (χ2n) is 3.87. The summed E-state index contributed by atoms with van der Waals surface area (Å²) in [6.45, 7) is 1.76. The van der Waals surface area contributed by atoms with Crippen molar-refractivity contribution in [3.63, 3.8) is 0 Å². The minimum atomic E-state index is -0.422. The van der Waals surface area contributed by atoms with Crippen molar-refractivity contribution in [2.24, 2.45) is 0 Å². The van der Waals surface area contributed by atoms with Crippen LogP contribution in [0.4, 0.5) is 10.1 Å². The summed E-state index contributed by atoms with van der Waals surface area (Å²) in [4.78, 5) is 12.1. The normalized spacial score (nSPS) is 10.2. The lowest BCUT2D eigenvalue weighted by Crippen LogP contribution is -2.15. The molecule has 0 spiro atoms. The second kappa shape index (κ2) is 5.48. The first kappa shape index (κ1) is 13.0. The summed E-state index contributed by atoms with van der Waals surface area (Å²) in [5, 5.41) is 2.62. The summed E-state index contributed by atoms with van der Waals surface area (Å²) in [5.74, 6) is -0.720. The molecule has 92 valence electrons. The van der Waals surface area contributed by atoms with Crippen molar-refractivity contribution in [2.45, 2.75) is 6.92 Å². The highest BCUT2D eigenvalue weighted by Gasteiger charge is 2.13. The number of carbonyl (C=O) groups excluding carboxylic acids is 1. The van der Waals surface area contributed by atoms with E-state index < -0.39 is 5.82 Å². The van der Waals surface area contributed by atoms with Crippen LogP contribution in [0.25, 0.3) is 0 Å². The molecule has 0 aliphatic carbocycles. The first-order valence-corrected chi connectivity index (χ1v) is 6.48. The fourth-order valence-corrected chi connectivity index (χ4v) is 2.25. The van der Waals surface area contributed by atoms with E-state index in [0.717, 1.165) is 3.57 Å². The van der Waals surface area contributed by atoms with E-state index in [0.29, 0.717) is 11.1 Å². The zero-order valence-electron chi connectivity index (χ0n) is 9.71. The number of carbonyl (C=O) groups is 1. The van der Waals surface area contributed by atoms with E-state index >= 15 is 0 Å². The molecule has 2 rings (SSSR count). The van der Waals surface area contributed by atoms with Crippen LogP contribution in [0.1, 0.15) is 15.9 Å². The number of halogens is 2. The van der Waals surface area contributed by atoms with Crippen LogP contribution in [0.2, 0.25) is 0 Å². The maximum atomic E-state index is 13.6. The number of amides is 1. The molecule has 0 saturated heterocycles. The molecule has 2 nitrogen and oxygen atoms in total. The van der Waals surface area contributed by atoms with Crippen LogP contribution in [-0.4, -0.2) is 5.91 Å². The predicted molar refractivity (Wildman–Crippen MR) is 78.2 cm³/mol. The molecule has 0 radical (unpaired) electrons. The maximum absolute atomic E-state index is 13.6.